The van der Waals surface area contributed by atoms with Gasteiger partial charge in [-0.3, -0.25) is 0 Å². The summed E-state index contributed by atoms with van der Waals surface area (Å²) in [6.45, 7) is 4.89. The van der Waals surface area contributed by atoms with Gasteiger partial charge < -0.3 is 9.80 Å². The predicted molar refractivity (Wildman–Crippen MR) is 241 cm³/mol. The number of rotatable bonds is 6. The van der Waals surface area contributed by atoms with Crippen LogP contribution in [0.5, 0.6) is 0 Å². The number of hydrogen-bond donors (Lipinski definition) is 0. The van der Waals surface area contributed by atoms with Gasteiger partial charge in [0.05, 0.1) is 12.1 Å². The molecular weight excluding hydrogens is 701 g/mol. The highest BCUT2D eigenvalue weighted by Gasteiger charge is 2.45. The molecule has 9 atom stereocenters. The molecule has 0 bridgehead atoms. The fourth-order valence-electron chi connectivity index (χ4n) is 11.9. The van der Waals surface area contributed by atoms with E-state index < -0.39 is 0 Å². The Morgan fingerprint density at radius 3 is 2.31 bits per heavy atom. The van der Waals surface area contributed by atoms with Gasteiger partial charge in [-0.1, -0.05) is 160 Å². The van der Waals surface area contributed by atoms with E-state index in [0.717, 1.165) is 38.0 Å². The van der Waals surface area contributed by atoms with Gasteiger partial charge in [0.15, 0.2) is 0 Å². The van der Waals surface area contributed by atoms with Crippen molar-refractivity contribution >= 4 is 5.57 Å². The van der Waals surface area contributed by atoms with Crippen LogP contribution < -0.4 is 0 Å². The quantitative estimate of drug-likeness (QED) is 0.271. The number of fused-ring (bicyclic) bond motifs is 4. The van der Waals surface area contributed by atoms with Crippen LogP contribution in [-0.4, -0.2) is 21.9 Å². The molecule has 0 fully saturated rings. The molecule has 0 spiro atoms. The van der Waals surface area contributed by atoms with Crippen molar-refractivity contribution in [1.82, 2.24) is 9.80 Å². The van der Waals surface area contributed by atoms with E-state index in [1.54, 1.807) is 11.3 Å². The molecule has 7 aliphatic carbocycles. The van der Waals surface area contributed by atoms with Crippen molar-refractivity contribution in [3.63, 3.8) is 0 Å². The maximum Gasteiger partial charge on any atom is 0.0626 e. The molecule has 2 nitrogen and oxygen atoms in total. The summed E-state index contributed by atoms with van der Waals surface area (Å²) < 4.78 is 0. The van der Waals surface area contributed by atoms with Gasteiger partial charge >= 0.3 is 0 Å². The fraction of sp³-hybridized carbons (Fsp3) is 0.321. The lowest BCUT2D eigenvalue weighted by molar-refractivity contribution is 0.338. The molecule has 0 radical (unpaired) electrons. The molecule has 290 valence electrons. The summed E-state index contributed by atoms with van der Waals surface area (Å²) in [6, 6.07) is 22.8. The average Bonchev–Trinajstić information content (AvgIpc) is 3.78. The van der Waals surface area contributed by atoms with Crippen LogP contribution in [-0.2, 0) is 0 Å². The van der Waals surface area contributed by atoms with Crippen LogP contribution in [0.2, 0.25) is 0 Å². The minimum absolute atomic E-state index is 0.299. The molecule has 2 heteroatoms. The van der Waals surface area contributed by atoms with Crippen LogP contribution >= 0.6 is 0 Å². The van der Waals surface area contributed by atoms with E-state index in [9.17, 15) is 0 Å². The van der Waals surface area contributed by atoms with Gasteiger partial charge in [-0.25, -0.2) is 0 Å². The third-order valence-corrected chi connectivity index (χ3v) is 14.7. The molecule has 2 aliphatic heterocycles. The first-order chi connectivity index (χ1) is 28.6. The Balaban J connectivity index is 0.930. The first-order valence-electron chi connectivity index (χ1n) is 22.3. The zero-order chi connectivity index (χ0) is 38.7. The summed E-state index contributed by atoms with van der Waals surface area (Å²) >= 11 is 0. The van der Waals surface area contributed by atoms with Crippen molar-refractivity contribution in [2.75, 3.05) is 0 Å². The van der Waals surface area contributed by atoms with Crippen LogP contribution in [0.15, 0.2) is 209 Å². The van der Waals surface area contributed by atoms with Crippen LogP contribution in [0.3, 0.4) is 0 Å². The second-order valence-corrected chi connectivity index (χ2v) is 18.4. The summed E-state index contributed by atoms with van der Waals surface area (Å²) in [5.41, 5.74) is 15.9. The second-order valence-electron chi connectivity index (χ2n) is 18.4. The van der Waals surface area contributed by atoms with E-state index in [-0.39, 0.29) is 0 Å². The molecule has 0 saturated heterocycles. The topological polar surface area (TPSA) is 6.48 Å². The molecule has 2 aromatic rings. The lowest BCUT2D eigenvalue weighted by Crippen LogP contribution is -2.33. The van der Waals surface area contributed by atoms with E-state index in [1.807, 2.05) is 0 Å². The largest absolute Gasteiger partial charge is 0.337 e. The number of hydrogen-bond acceptors (Lipinski definition) is 2. The van der Waals surface area contributed by atoms with Crippen LogP contribution in [0.4, 0.5) is 0 Å². The van der Waals surface area contributed by atoms with E-state index in [4.69, 9.17) is 0 Å². The SMILES string of the molecule is CC1CC=CC(C2C=CC(N3C4=C(C=CCC4)C4C=C(C5=CC6=C(CC5C)C5C=CC=CC5N6C5=CC(c6ccccc6)=CC(c6ccccc6)C5)C=CC43)=CC2)C1. The van der Waals surface area contributed by atoms with E-state index >= 15 is 0 Å². The molecule has 0 saturated carbocycles. The first-order valence-corrected chi connectivity index (χ1v) is 22.3. The molecule has 9 unspecified atom stereocenters. The Kier molecular flexibility index (Phi) is 9.13. The molecule has 2 heterocycles. The van der Waals surface area contributed by atoms with Gasteiger partial charge in [0.1, 0.15) is 0 Å². The monoisotopic (exact) mass is 756 g/mol. The molecule has 9 aliphatic rings. The summed E-state index contributed by atoms with van der Waals surface area (Å²) in [5, 5.41) is 0. The smallest absolute Gasteiger partial charge is 0.0626 e. The van der Waals surface area contributed by atoms with Gasteiger partial charge in [-0.05, 0) is 126 Å². The Hall–Kier alpha value is -5.34. The molecule has 11 rings (SSSR count). The fourth-order valence-corrected chi connectivity index (χ4v) is 11.9. The lowest BCUT2D eigenvalue weighted by Gasteiger charge is -2.37. The van der Waals surface area contributed by atoms with Crippen molar-refractivity contribution in [2.45, 2.75) is 76.8 Å². The van der Waals surface area contributed by atoms with Crippen molar-refractivity contribution in [1.29, 1.82) is 0 Å². The number of benzene rings is 2. The molecule has 58 heavy (non-hydrogen) atoms. The Morgan fingerprint density at radius 1 is 0.655 bits per heavy atom. The van der Waals surface area contributed by atoms with Gasteiger partial charge in [-0.15, -0.1) is 0 Å². The highest BCUT2D eigenvalue weighted by Crippen LogP contribution is 2.52. The van der Waals surface area contributed by atoms with Crippen LogP contribution in [0.1, 0.15) is 75.8 Å². The Morgan fingerprint density at radius 2 is 1.48 bits per heavy atom. The molecule has 0 aromatic heterocycles. The zero-order valence-electron chi connectivity index (χ0n) is 34.1. The number of allylic oxidation sites excluding steroid dienone is 18. The minimum atomic E-state index is 0.299. The number of nitrogens with zero attached hydrogens (tertiary/aromatic N) is 2. The second kappa shape index (κ2) is 14.8. The van der Waals surface area contributed by atoms with Gasteiger partial charge in [0, 0.05) is 40.5 Å². The van der Waals surface area contributed by atoms with Gasteiger partial charge in [0.25, 0.3) is 0 Å². The van der Waals surface area contributed by atoms with E-state index in [2.05, 4.69) is 188 Å². The highest BCUT2D eigenvalue weighted by molar-refractivity contribution is 5.77. The zero-order valence-corrected chi connectivity index (χ0v) is 34.1. The molecule has 2 aromatic carbocycles. The maximum atomic E-state index is 2.74. The van der Waals surface area contributed by atoms with Crippen molar-refractivity contribution in [2.24, 2.45) is 35.5 Å². The van der Waals surface area contributed by atoms with Crippen molar-refractivity contribution in [3.05, 3.63) is 220 Å². The molecule has 0 N–H and O–H groups in total. The molecule has 0 amide bonds. The highest BCUT2D eigenvalue weighted by atomic mass is 15.2. The first kappa shape index (κ1) is 35.8. The normalized spacial score (nSPS) is 33.3. The Labute approximate surface area is 346 Å². The van der Waals surface area contributed by atoms with Crippen molar-refractivity contribution < 1.29 is 0 Å². The van der Waals surface area contributed by atoms with E-state index in [1.165, 1.54) is 63.4 Å². The third-order valence-electron chi connectivity index (χ3n) is 14.7. The van der Waals surface area contributed by atoms with E-state index in [0.29, 0.717) is 47.6 Å². The van der Waals surface area contributed by atoms with Gasteiger partial charge in [-0.2, -0.15) is 0 Å². The van der Waals surface area contributed by atoms with Crippen LogP contribution in [0.25, 0.3) is 5.57 Å². The third kappa shape index (κ3) is 6.23. The lowest BCUT2D eigenvalue weighted by atomic mass is 9.76. The van der Waals surface area contributed by atoms with Gasteiger partial charge in [0.2, 0.25) is 0 Å². The molecular formula is C56H56N2. The van der Waals surface area contributed by atoms with Crippen molar-refractivity contribution in [3.8, 4) is 0 Å². The minimum Gasteiger partial charge on any atom is -0.337 e. The van der Waals surface area contributed by atoms with Crippen LogP contribution in [0, 0.1) is 35.5 Å². The summed E-state index contributed by atoms with van der Waals surface area (Å²) in [7, 11) is 0. The average molecular weight is 757 g/mol. The summed E-state index contributed by atoms with van der Waals surface area (Å²) in [4.78, 5) is 5.46. The Bertz CT molecular complexity index is 2400. The predicted octanol–water partition coefficient (Wildman–Crippen LogP) is 13.3. The summed E-state index contributed by atoms with van der Waals surface area (Å²) in [6.07, 6.45) is 50.2. The maximum absolute atomic E-state index is 2.74. The standard InChI is InChI=1S/C56H56N2/c1-37-14-13-19-42(30-37)41-24-27-46(28-25-41)57-53-22-11-10-21-49(53)52-35-43(26-29-55(52)57)50-36-56-51(31-38(50)2)48-20-9-12-23-54(48)58(56)47-33-44(39-15-5-3-6-16-39)32-45(34-47)40-17-7-4-8-18-40/h3-10,12-13,15-21,23-24,26-29,32-33,35-38,41-42,45,48,52,54-55H,11,14,22,25,30-31,34H2,1-2H3. The summed E-state index contributed by atoms with van der Waals surface area (Å²) in [5.74, 6) is 3.62.